The van der Waals surface area contributed by atoms with Gasteiger partial charge in [0, 0.05) is 18.6 Å². The van der Waals surface area contributed by atoms with Crippen molar-refractivity contribution in [3.8, 4) is 0 Å². The molecule has 5 heteroatoms. The average Bonchev–Trinajstić information content (AvgIpc) is 2.87. The number of benzene rings is 1. The van der Waals surface area contributed by atoms with Gasteiger partial charge in [-0.1, -0.05) is 22.4 Å². The molecule has 4 rings (SSSR count). The second-order valence-corrected chi connectivity index (χ2v) is 7.40. The smallest absolute Gasteiger partial charge is 0.328 e. The van der Waals surface area contributed by atoms with Gasteiger partial charge in [0.2, 0.25) is 0 Å². The van der Waals surface area contributed by atoms with Gasteiger partial charge in [-0.05, 0) is 48.3 Å². The van der Waals surface area contributed by atoms with Gasteiger partial charge in [0.15, 0.2) is 0 Å². The van der Waals surface area contributed by atoms with E-state index in [4.69, 9.17) is 0 Å². The number of fused-ring (bicyclic) bond motifs is 2. The number of hydrogen-bond acceptors (Lipinski definition) is 2. The van der Waals surface area contributed by atoms with E-state index in [-0.39, 0.29) is 5.69 Å². The standard InChI is InChI=1S/C16H19BrN2O2/c1-18-12-6-10(11(17)7-13(12)19(2)16(18)21)15(20)14-8-4-3-5-9(8)14/h6-9,14-15,20H,3-5H2,1-2H3. The number of imidazole rings is 1. The maximum Gasteiger partial charge on any atom is 0.328 e. The van der Waals surface area contributed by atoms with E-state index >= 15 is 0 Å². The highest BCUT2D eigenvalue weighted by Gasteiger charge is 2.56. The van der Waals surface area contributed by atoms with Gasteiger partial charge in [0.1, 0.15) is 0 Å². The van der Waals surface area contributed by atoms with Crippen LogP contribution in [0.2, 0.25) is 0 Å². The van der Waals surface area contributed by atoms with E-state index in [0.29, 0.717) is 17.8 Å². The Labute approximate surface area is 131 Å². The second-order valence-electron chi connectivity index (χ2n) is 6.54. The van der Waals surface area contributed by atoms with Gasteiger partial charge in [-0.25, -0.2) is 4.79 Å². The lowest BCUT2D eigenvalue weighted by Crippen LogP contribution is -2.19. The van der Waals surface area contributed by atoms with Gasteiger partial charge in [0.25, 0.3) is 0 Å². The lowest BCUT2D eigenvalue weighted by molar-refractivity contribution is 0.136. The third-order valence-electron chi connectivity index (χ3n) is 5.55. The summed E-state index contributed by atoms with van der Waals surface area (Å²) in [6.07, 6.45) is 3.41. The van der Waals surface area contributed by atoms with Crippen molar-refractivity contribution in [2.45, 2.75) is 25.4 Å². The second kappa shape index (κ2) is 4.46. The van der Waals surface area contributed by atoms with Crippen molar-refractivity contribution in [2.24, 2.45) is 31.8 Å². The summed E-state index contributed by atoms with van der Waals surface area (Å²) < 4.78 is 4.18. The number of halogens is 1. The molecule has 3 atom stereocenters. The molecule has 0 radical (unpaired) electrons. The Bertz CT molecular complexity index is 782. The molecule has 1 aromatic heterocycles. The van der Waals surface area contributed by atoms with Crippen LogP contribution < -0.4 is 5.69 Å². The zero-order valence-corrected chi connectivity index (χ0v) is 13.8. The van der Waals surface area contributed by atoms with Gasteiger partial charge < -0.3 is 5.11 Å². The van der Waals surface area contributed by atoms with E-state index in [1.165, 1.54) is 19.3 Å². The molecule has 0 saturated heterocycles. The van der Waals surface area contributed by atoms with E-state index in [1.807, 2.05) is 12.1 Å². The summed E-state index contributed by atoms with van der Waals surface area (Å²) in [5.41, 5.74) is 2.65. The summed E-state index contributed by atoms with van der Waals surface area (Å²) in [4.78, 5) is 12.0. The molecular weight excluding hydrogens is 332 g/mol. The summed E-state index contributed by atoms with van der Waals surface area (Å²) in [5.74, 6) is 1.83. The van der Waals surface area contributed by atoms with Crippen molar-refractivity contribution in [1.29, 1.82) is 0 Å². The fraction of sp³-hybridized carbons (Fsp3) is 0.562. The van der Waals surface area contributed by atoms with Gasteiger partial charge in [-0.3, -0.25) is 9.13 Å². The van der Waals surface area contributed by atoms with Crippen molar-refractivity contribution in [3.05, 3.63) is 32.7 Å². The Hall–Kier alpha value is -1.07. The molecule has 2 saturated carbocycles. The van der Waals surface area contributed by atoms with Crippen molar-refractivity contribution < 1.29 is 5.11 Å². The van der Waals surface area contributed by atoms with Crippen molar-refractivity contribution in [2.75, 3.05) is 0 Å². The zero-order valence-electron chi connectivity index (χ0n) is 12.2. The lowest BCUT2D eigenvalue weighted by atomic mass is 9.99. The zero-order chi connectivity index (χ0) is 14.9. The molecule has 1 heterocycles. The third-order valence-corrected chi connectivity index (χ3v) is 6.23. The van der Waals surface area contributed by atoms with Gasteiger partial charge in [0.05, 0.1) is 17.1 Å². The molecule has 1 N–H and O–H groups in total. The first-order valence-corrected chi connectivity index (χ1v) is 8.33. The van der Waals surface area contributed by atoms with E-state index in [9.17, 15) is 9.90 Å². The summed E-state index contributed by atoms with van der Waals surface area (Å²) in [6.45, 7) is 0. The SMILES string of the molecule is Cn1c(=O)n(C)c2cc(C(O)C3C4CCCC43)c(Br)cc21. The van der Waals surface area contributed by atoms with Crippen LogP contribution in [-0.4, -0.2) is 14.2 Å². The van der Waals surface area contributed by atoms with Crippen molar-refractivity contribution in [3.63, 3.8) is 0 Å². The van der Waals surface area contributed by atoms with E-state index < -0.39 is 6.10 Å². The molecule has 3 unspecified atom stereocenters. The maximum absolute atomic E-state index is 12.0. The predicted octanol–water partition coefficient (Wildman–Crippen LogP) is 2.72. The first-order chi connectivity index (χ1) is 10.0. The van der Waals surface area contributed by atoms with E-state index in [0.717, 1.165) is 21.1 Å². The molecule has 0 amide bonds. The Morgan fingerprint density at radius 3 is 2.38 bits per heavy atom. The number of aliphatic hydroxyl groups excluding tert-OH is 1. The minimum atomic E-state index is -0.422. The quantitative estimate of drug-likeness (QED) is 0.905. The fourth-order valence-electron chi connectivity index (χ4n) is 4.32. The number of aryl methyl sites for hydroxylation is 2. The van der Waals surface area contributed by atoms with Gasteiger partial charge in [-0.2, -0.15) is 0 Å². The van der Waals surface area contributed by atoms with Crippen molar-refractivity contribution in [1.82, 2.24) is 9.13 Å². The highest BCUT2D eigenvalue weighted by atomic mass is 79.9. The predicted molar refractivity (Wildman–Crippen MR) is 85.1 cm³/mol. The number of hydrogen-bond donors (Lipinski definition) is 1. The minimum absolute atomic E-state index is 0.0353. The number of aliphatic hydroxyl groups is 1. The monoisotopic (exact) mass is 350 g/mol. The van der Waals surface area contributed by atoms with Gasteiger partial charge >= 0.3 is 5.69 Å². The molecule has 1 aromatic carbocycles. The van der Waals surface area contributed by atoms with E-state index in [2.05, 4.69) is 15.9 Å². The first kappa shape index (κ1) is 13.6. The van der Waals surface area contributed by atoms with Crippen molar-refractivity contribution >= 4 is 27.0 Å². The summed E-state index contributed by atoms with van der Waals surface area (Å²) in [6, 6.07) is 3.92. The summed E-state index contributed by atoms with van der Waals surface area (Å²) >= 11 is 3.58. The Balaban J connectivity index is 1.80. The average molecular weight is 351 g/mol. The topological polar surface area (TPSA) is 47.2 Å². The fourth-order valence-corrected chi connectivity index (χ4v) is 4.88. The van der Waals surface area contributed by atoms with Crippen LogP contribution in [0.25, 0.3) is 11.0 Å². The largest absolute Gasteiger partial charge is 0.388 e. The number of nitrogens with zero attached hydrogens (tertiary/aromatic N) is 2. The molecule has 0 aliphatic heterocycles. The molecule has 2 aliphatic rings. The molecule has 2 aromatic rings. The Kier molecular flexibility index (Phi) is 2.89. The molecule has 2 fully saturated rings. The Morgan fingerprint density at radius 2 is 1.76 bits per heavy atom. The molecule has 0 spiro atoms. The maximum atomic E-state index is 12.0. The van der Waals surface area contributed by atoms with Crippen LogP contribution in [0.3, 0.4) is 0 Å². The van der Waals surface area contributed by atoms with Crippen LogP contribution >= 0.6 is 15.9 Å². The molecule has 21 heavy (non-hydrogen) atoms. The molecular formula is C16H19BrN2O2. The first-order valence-electron chi connectivity index (χ1n) is 7.53. The van der Waals surface area contributed by atoms with Crippen LogP contribution in [0.5, 0.6) is 0 Å². The highest BCUT2D eigenvalue weighted by Crippen LogP contribution is 2.62. The lowest BCUT2D eigenvalue weighted by Gasteiger charge is -2.15. The van der Waals surface area contributed by atoms with E-state index in [1.54, 1.807) is 23.2 Å². The number of aromatic nitrogens is 2. The third kappa shape index (κ3) is 1.80. The van der Waals surface area contributed by atoms with Gasteiger partial charge in [-0.15, -0.1) is 0 Å². The summed E-state index contributed by atoms with van der Waals surface area (Å²) in [7, 11) is 3.55. The molecule has 2 aliphatic carbocycles. The Morgan fingerprint density at radius 1 is 1.19 bits per heavy atom. The molecule has 0 bridgehead atoms. The normalized spacial score (nSPS) is 28.9. The minimum Gasteiger partial charge on any atom is -0.388 e. The highest BCUT2D eigenvalue weighted by molar-refractivity contribution is 9.10. The molecule has 112 valence electrons. The van der Waals surface area contributed by atoms with Crippen LogP contribution in [-0.2, 0) is 14.1 Å². The van der Waals surface area contributed by atoms with Crippen LogP contribution in [0, 0.1) is 17.8 Å². The van der Waals surface area contributed by atoms with Crippen LogP contribution in [0.4, 0.5) is 0 Å². The molecule has 4 nitrogen and oxygen atoms in total. The van der Waals surface area contributed by atoms with Crippen LogP contribution in [0.15, 0.2) is 21.4 Å². The summed E-state index contributed by atoms with van der Waals surface area (Å²) in [5, 5.41) is 10.7. The number of rotatable bonds is 2. The van der Waals surface area contributed by atoms with Crippen LogP contribution in [0.1, 0.15) is 30.9 Å².